The van der Waals surface area contributed by atoms with Crippen molar-refractivity contribution in [3.05, 3.63) is 52.8 Å². The number of aromatic hydroxyl groups is 1. The Morgan fingerprint density at radius 3 is 3.10 bits per heavy atom. The summed E-state index contributed by atoms with van der Waals surface area (Å²) < 4.78 is 5.23. The molecule has 0 saturated carbocycles. The molecular weight excluding hydrogens is 264 g/mol. The van der Waals surface area contributed by atoms with Gasteiger partial charge in [-0.3, -0.25) is 9.88 Å². The molecule has 0 aliphatic carbocycles. The molecule has 0 bridgehead atoms. The summed E-state index contributed by atoms with van der Waals surface area (Å²) in [6, 6.07) is 8.34. The minimum absolute atomic E-state index is 0.227. The van der Waals surface area contributed by atoms with Gasteiger partial charge in [-0.2, -0.15) is 0 Å². The lowest BCUT2D eigenvalue weighted by Gasteiger charge is -2.41. The quantitative estimate of drug-likeness (QED) is 0.872. The van der Waals surface area contributed by atoms with E-state index in [2.05, 4.69) is 16.0 Å². The van der Waals surface area contributed by atoms with E-state index < -0.39 is 0 Å². The van der Waals surface area contributed by atoms with Gasteiger partial charge in [0.05, 0.1) is 7.11 Å². The molecule has 0 saturated heterocycles. The molecule has 1 N–H and O–H groups in total. The van der Waals surface area contributed by atoms with Crippen molar-refractivity contribution >= 4 is 0 Å². The summed E-state index contributed by atoms with van der Waals surface area (Å²) in [5, 5.41) is 10.1. The van der Waals surface area contributed by atoms with E-state index in [0.29, 0.717) is 11.8 Å². The molecule has 4 heteroatoms. The zero-order valence-corrected chi connectivity index (χ0v) is 12.0. The van der Waals surface area contributed by atoms with Crippen LogP contribution in [0, 0.1) is 0 Å². The van der Waals surface area contributed by atoms with Crippen LogP contribution in [0.1, 0.15) is 28.4 Å². The van der Waals surface area contributed by atoms with Crippen LogP contribution in [0.2, 0.25) is 0 Å². The van der Waals surface area contributed by atoms with Crippen LogP contribution in [0.3, 0.4) is 0 Å². The number of rotatable bonds is 1. The normalized spacial score (nSPS) is 20.3. The summed E-state index contributed by atoms with van der Waals surface area (Å²) in [6.07, 6.45) is 3.77. The number of benzene rings is 1. The number of hydrogen-bond acceptors (Lipinski definition) is 4. The highest BCUT2D eigenvalue weighted by Crippen LogP contribution is 2.41. The van der Waals surface area contributed by atoms with Crippen LogP contribution >= 0.6 is 0 Å². The van der Waals surface area contributed by atoms with Crippen LogP contribution < -0.4 is 4.74 Å². The van der Waals surface area contributed by atoms with Crippen molar-refractivity contribution in [1.82, 2.24) is 9.88 Å². The topological polar surface area (TPSA) is 45.6 Å². The molecule has 1 aromatic heterocycles. The average Bonchev–Trinajstić information content (AvgIpc) is 2.52. The van der Waals surface area contributed by atoms with E-state index in [-0.39, 0.29) is 5.75 Å². The fourth-order valence-electron chi connectivity index (χ4n) is 3.56. The summed E-state index contributed by atoms with van der Waals surface area (Å²) in [5.41, 5.74) is 5.01. The third-order valence-corrected chi connectivity index (χ3v) is 4.65. The van der Waals surface area contributed by atoms with Gasteiger partial charge in [0.15, 0.2) is 11.5 Å². The van der Waals surface area contributed by atoms with E-state index in [4.69, 9.17) is 4.74 Å². The van der Waals surface area contributed by atoms with Crippen molar-refractivity contribution in [3.8, 4) is 11.5 Å². The Morgan fingerprint density at radius 2 is 2.24 bits per heavy atom. The number of pyridine rings is 1. The van der Waals surface area contributed by atoms with E-state index >= 15 is 0 Å². The van der Waals surface area contributed by atoms with Gasteiger partial charge < -0.3 is 9.84 Å². The Kier molecular flexibility index (Phi) is 2.86. The number of aromatic nitrogens is 1. The van der Waals surface area contributed by atoms with Gasteiger partial charge in [-0.05, 0) is 41.3 Å². The number of ether oxygens (including phenoxy) is 1. The molecule has 2 aromatic rings. The highest BCUT2D eigenvalue weighted by molar-refractivity contribution is 5.49. The van der Waals surface area contributed by atoms with Crippen LogP contribution in [0.4, 0.5) is 0 Å². The Morgan fingerprint density at radius 1 is 1.33 bits per heavy atom. The second-order valence-electron chi connectivity index (χ2n) is 5.77. The molecule has 0 amide bonds. The van der Waals surface area contributed by atoms with E-state index in [9.17, 15) is 5.11 Å². The molecular formula is C17H18N2O2. The fourth-order valence-corrected chi connectivity index (χ4v) is 3.56. The molecule has 1 atom stereocenters. The highest BCUT2D eigenvalue weighted by atomic mass is 16.5. The lowest BCUT2D eigenvalue weighted by atomic mass is 9.85. The summed E-state index contributed by atoms with van der Waals surface area (Å²) in [6.45, 7) is 1.99. The number of nitrogens with zero attached hydrogens (tertiary/aromatic N) is 2. The smallest absolute Gasteiger partial charge is 0.160 e. The number of fused-ring (bicyclic) bond motifs is 4. The van der Waals surface area contributed by atoms with Gasteiger partial charge in [0, 0.05) is 37.4 Å². The van der Waals surface area contributed by atoms with Gasteiger partial charge >= 0.3 is 0 Å². The zero-order chi connectivity index (χ0) is 14.4. The Balaban J connectivity index is 1.77. The maximum atomic E-state index is 10.1. The minimum atomic E-state index is 0.227. The van der Waals surface area contributed by atoms with Crippen molar-refractivity contribution in [2.45, 2.75) is 25.4 Å². The molecule has 2 aliphatic heterocycles. The number of hydrogen-bond donors (Lipinski definition) is 1. The molecule has 108 valence electrons. The third kappa shape index (κ3) is 1.98. The predicted octanol–water partition coefficient (Wildman–Crippen LogP) is 2.45. The molecule has 0 spiro atoms. The molecule has 4 nitrogen and oxygen atoms in total. The number of phenols is 1. The SMILES string of the molecule is COc1cc2c(cc1O)C1Cc3ncccc3CN1CC2. The molecule has 0 radical (unpaired) electrons. The molecule has 4 rings (SSSR count). The van der Waals surface area contributed by atoms with E-state index in [1.165, 1.54) is 22.4 Å². The first kappa shape index (κ1) is 12.7. The van der Waals surface area contributed by atoms with Crippen molar-refractivity contribution in [1.29, 1.82) is 0 Å². The second-order valence-corrected chi connectivity index (χ2v) is 5.77. The van der Waals surface area contributed by atoms with E-state index in [1.54, 1.807) is 7.11 Å². The third-order valence-electron chi connectivity index (χ3n) is 4.65. The number of methoxy groups -OCH3 is 1. The Labute approximate surface area is 124 Å². The molecule has 0 fully saturated rings. The second kappa shape index (κ2) is 4.74. The molecule has 21 heavy (non-hydrogen) atoms. The molecule has 3 heterocycles. The minimum Gasteiger partial charge on any atom is -0.504 e. The van der Waals surface area contributed by atoms with E-state index in [1.807, 2.05) is 24.4 Å². The van der Waals surface area contributed by atoms with Gasteiger partial charge in [0.1, 0.15) is 0 Å². The van der Waals surface area contributed by atoms with Gasteiger partial charge in [-0.15, -0.1) is 0 Å². The van der Waals surface area contributed by atoms with Gasteiger partial charge in [-0.1, -0.05) is 6.07 Å². The van der Waals surface area contributed by atoms with Crippen LogP contribution in [0.5, 0.6) is 11.5 Å². The maximum absolute atomic E-state index is 10.1. The first-order chi connectivity index (χ1) is 10.3. The predicted molar refractivity (Wildman–Crippen MR) is 79.5 cm³/mol. The van der Waals surface area contributed by atoms with Crippen molar-refractivity contribution < 1.29 is 9.84 Å². The summed E-state index contributed by atoms with van der Waals surface area (Å²) in [7, 11) is 1.59. The lowest BCUT2D eigenvalue weighted by molar-refractivity contribution is 0.158. The summed E-state index contributed by atoms with van der Waals surface area (Å²) in [5.74, 6) is 0.793. The van der Waals surface area contributed by atoms with E-state index in [0.717, 1.165) is 25.9 Å². The molecule has 1 unspecified atom stereocenters. The Bertz CT molecular complexity index is 699. The van der Waals surface area contributed by atoms with Crippen molar-refractivity contribution in [2.24, 2.45) is 0 Å². The lowest BCUT2D eigenvalue weighted by Crippen LogP contribution is -2.39. The first-order valence-corrected chi connectivity index (χ1v) is 7.33. The first-order valence-electron chi connectivity index (χ1n) is 7.33. The van der Waals surface area contributed by atoms with Crippen LogP contribution in [0.15, 0.2) is 30.5 Å². The summed E-state index contributed by atoms with van der Waals surface area (Å²) >= 11 is 0. The Hall–Kier alpha value is -2.07. The number of phenolic OH excluding ortho intramolecular Hbond substituents is 1. The van der Waals surface area contributed by atoms with Crippen LogP contribution in [-0.2, 0) is 19.4 Å². The largest absolute Gasteiger partial charge is 0.504 e. The van der Waals surface area contributed by atoms with Crippen LogP contribution in [0.25, 0.3) is 0 Å². The fraction of sp³-hybridized carbons (Fsp3) is 0.353. The zero-order valence-electron chi connectivity index (χ0n) is 12.0. The maximum Gasteiger partial charge on any atom is 0.160 e. The van der Waals surface area contributed by atoms with Crippen molar-refractivity contribution in [3.63, 3.8) is 0 Å². The van der Waals surface area contributed by atoms with Gasteiger partial charge in [0.2, 0.25) is 0 Å². The molecule has 2 aliphatic rings. The van der Waals surface area contributed by atoms with Gasteiger partial charge in [0.25, 0.3) is 0 Å². The van der Waals surface area contributed by atoms with Crippen LogP contribution in [-0.4, -0.2) is 28.6 Å². The summed E-state index contributed by atoms with van der Waals surface area (Å²) in [4.78, 5) is 7.01. The van der Waals surface area contributed by atoms with Gasteiger partial charge in [-0.25, -0.2) is 0 Å². The highest BCUT2D eigenvalue weighted by Gasteiger charge is 2.33. The standard InChI is InChI=1S/C17H18N2O2/c1-21-17-7-11-4-6-19-10-12-3-2-5-18-14(12)9-15(19)13(11)8-16(17)20/h2-3,5,7-8,15,20H,4,6,9-10H2,1H3. The average molecular weight is 282 g/mol. The van der Waals surface area contributed by atoms with Crippen molar-refractivity contribution in [2.75, 3.05) is 13.7 Å². The molecule has 1 aromatic carbocycles. The monoisotopic (exact) mass is 282 g/mol.